The van der Waals surface area contributed by atoms with Crippen LogP contribution in [0.4, 0.5) is 25.8 Å². The largest absolute Gasteiger partial charge is 0.495 e. The average molecular weight is 390 g/mol. The van der Waals surface area contributed by atoms with Crippen LogP contribution in [0.15, 0.2) is 54.9 Å². The molecule has 0 aliphatic rings. The van der Waals surface area contributed by atoms with Crippen molar-refractivity contribution in [1.29, 1.82) is 0 Å². The molecule has 27 heavy (non-hydrogen) atoms. The molecule has 3 aromatic rings. The summed E-state index contributed by atoms with van der Waals surface area (Å²) < 4.78 is 31.5. The number of carbonyl (C=O) groups excluding carboxylic acids is 1. The molecule has 1 aromatic heterocycles. The zero-order valence-corrected chi connectivity index (χ0v) is 14.8. The van der Waals surface area contributed by atoms with Crippen molar-refractivity contribution in [3.63, 3.8) is 0 Å². The van der Waals surface area contributed by atoms with Gasteiger partial charge in [0.15, 0.2) is 11.6 Å². The number of rotatable bonds is 5. The Morgan fingerprint density at radius 2 is 1.85 bits per heavy atom. The number of hydrogen-bond acceptors (Lipinski definition) is 4. The molecule has 0 atom stereocenters. The molecule has 5 nitrogen and oxygen atoms in total. The monoisotopic (exact) mass is 389 g/mol. The molecule has 0 fully saturated rings. The van der Waals surface area contributed by atoms with Gasteiger partial charge in [-0.15, -0.1) is 0 Å². The second-order valence-corrected chi connectivity index (χ2v) is 5.95. The number of nitrogens with zero attached hydrogens (tertiary/aromatic N) is 1. The third-order valence-corrected chi connectivity index (χ3v) is 3.85. The Morgan fingerprint density at radius 1 is 1.04 bits per heavy atom. The first-order valence-corrected chi connectivity index (χ1v) is 8.16. The second-order valence-electron chi connectivity index (χ2n) is 5.51. The smallest absolute Gasteiger partial charge is 0.257 e. The van der Waals surface area contributed by atoms with E-state index >= 15 is 0 Å². The highest BCUT2D eigenvalue weighted by Gasteiger charge is 2.12. The normalized spacial score (nSPS) is 10.4. The number of carbonyl (C=O) groups is 1. The molecular weight excluding hydrogens is 376 g/mol. The number of halogens is 3. The first-order chi connectivity index (χ1) is 13.0. The van der Waals surface area contributed by atoms with Gasteiger partial charge in [0.05, 0.1) is 30.2 Å². The summed E-state index contributed by atoms with van der Waals surface area (Å²) >= 11 is 5.96. The van der Waals surface area contributed by atoms with Crippen molar-refractivity contribution in [2.24, 2.45) is 0 Å². The van der Waals surface area contributed by atoms with Crippen LogP contribution in [0.2, 0.25) is 5.02 Å². The quantitative estimate of drug-likeness (QED) is 0.643. The molecule has 0 saturated carbocycles. The summed E-state index contributed by atoms with van der Waals surface area (Å²) in [6, 6.07) is 9.77. The summed E-state index contributed by atoms with van der Waals surface area (Å²) in [5.74, 6) is -1.90. The van der Waals surface area contributed by atoms with E-state index in [-0.39, 0.29) is 5.56 Å². The lowest BCUT2D eigenvalue weighted by atomic mass is 10.2. The van der Waals surface area contributed by atoms with Gasteiger partial charge in [0.2, 0.25) is 0 Å². The number of aromatic nitrogens is 1. The fourth-order valence-corrected chi connectivity index (χ4v) is 2.52. The number of nitrogens with one attached hydrogen (secondary N) is 2. The summed E-state index contributed by atoms with van der Waals surface area (Å²) in [5, 5.41) is 6.01. The van der Waals surface area contributed by atoms with Crippen LogP contribution in [-0.2, 0) is 0 Å². The summed E-state index contributed by atoms with van der Waals surface area (Å²) in [6.45, 7) is 0. The highest BCUT2D eigenvalue weighted by molar-refractivity contribution is 6.31. The lowest BCUT2D eigenvalue weighted by Crippen LogP contribution is -2.13. The standard InChI is InChI=1S/C19H14ClF2N3O2/c1-27-18-5-2-12(20)7-17(18)25-19(26)11-6-14(10-23-9-11)24-13-3-4-15(21)16(22)8-13/h2-10,24H,1H3,(H,25,26). The zero-order chi connectivity index (χ0) is 19.4. The number of methoxy groups -OCH3 is 1. The molecule has 2 N–H and O–H groups in total. The van der Waals surface area contributed by atoms with Crippen LogP contribution in [0.3, 0.4) is 0 Å². The molecule has 0 saturated heterocycles. The highest BCUT2D eigenvalue weighted by atomic mass is 35.5. The molecule has 8 heteroatoms. The van der Waals surface area contributed by atoms with E-state index in [4.69, 9.17) is 16.3 Å². The van der Waals surface area contributed by atoms with Crippen LogP contribution in [0.1, 0.15) is 10.4 Å². The van der Waals surface area contributed by atoms with Gasteiger partial charge < -0.3 is 15.4 Å². The molecule has 0 spiro atoms. The molecule has 3 rings (SSSR count). The minimum Gasteiger partial charge on any atom is -0.495 e. The molecule has 0 radical (unpaired) electrons. The average Bonchev–Trinajstić information content (AvgIpc) is 2.65. The maximum absolute atomic E-state index is 13.3. The van der Waals surface area contributed by atoms with E-state index in [9.17, 15) is 13.6 Å². The Bertz CT molecular complexity index is 998. The Kier molecular flexibility index (Phi) is 5.52. The number of ether oxygens (including phenoxy) is 1. The minimum atomic E-state index is -0.977. The van der Waals surface area contributed by atoms with Crippen molar-refractivity contribution in [3.8, 4) is 5.75 Å². The summed E-state index contributed by atoms with van der Waals surface area (Å²) in [6.07, 6.45) is 2.83. The molecular formula is C19H14ClF2N3O2. The van der Waals surface area contributed by atoms with Crippen LogP contribution in [0, 0.1) is 11.6 Å². The van der Waals surface area contributed by atoms with Gasteiger partial charge in [0.1, 0.15) is 5.75 Å². The highest BCUT2D eigenvalue weighted by Crippen LogP contribution is 2.28. The first-order valence-electron chi connectivity index (χ1n) is 7.78. The van der Waals surface area contributed by atoms with Crippen LogP contribution in [0.25, 0.3) is 0 Å². The maximum Gasteiger partial charge on any atom is 0.257 e. The van der Waals surface area contributed by atoms with E-state index in [1.54, 1.807) is 18.2 Å². The van der Waals surface area contributed by atoms with Crippen molar-refractivity contribution in [2.75, 3.05) is 17.7 Å². The van der Waals surface area contributed by atoms with E-state index in [1.165, 1.54) is 31.6 Å². The van der Waals surface area contributed by atoms with E-state index in [1.807, 2.05) is 0 Å². The minimum absolute atomic E-state index is 0.254. The van der Waals surface area contributed by atoms with Crippen LogP contribution >= 0.6 is 11.6 Å². The van der Waals surface area contributed by atoms with Crippen LogP contribution < -0.4 is 15.4 Å². The third-order valence-electron chi connectivity index (χ3n) is 3.62. The molecule has 1 amide bonds. The van der Waals surface area contributed by atoms with Gasteiger partial charge >= 0.3 is 0 Å². The Hall–Kier alpha value is -3.19. The van der Waals surface area contributed by atoms with Gasteiger partial charge in [0, 0.05) is 23.0 Å². The fourth-order valence-electron chi connectivity index (χ4n) is 2.35. The number of benzene rings is 2. The summed E-state index contributed by atoms with van der Waals surface area (Å²) in [4.78, 5) is 16.5. The van der Waals surface area contributed by atoms with Crippen molar-refractivity contribution >= 4 is 34.6 Å². The van der Waals surface area contributed by atoms with Gasteiger partial charge in [0.25, 0.3) is 5.91 Å². The summed E-state index contributed by atoms with van der Waals surface area (Å²) in [7, 11) is 1.48. The van der Waals surface area contributed by atoms with Gasteiger partial charge in [-0.05, 0) is 36.4 Å². The zero-order valence-electron chi connectivity index (χ0n) is 14.1. The topological polar surface area (TPSA) is 63.2 Å². The third kappa shape index (κ3) is 4.51. The lowest BCUT2D eigenvalue weighted by molar-refractivity contribution is 0.102. The van der Waals surface area contributed by atoms with Gasteiger partial charge in [-0.3, -0.25) is 9.78 Å². The van der Waals surface area contributed by atoms with E-state index in [0.717, 1.165) is 12.1 Å². The predicted octanol–water partition coefficient (Wildman–Crippen LogP) is 5.02. The van der Waals surface area contributed by atoms with Crippen molar-refractivity contribution in [3.05, 3.63) is 77.1 Å². The number of amides is 1. The molecule has 1 heterocycles. The Labute approximate surface area is 159 Å². The molecule has 0 aliphatic heterocycles. The van der Waals surface area contributed by atoms with Crippen LogP contribution in [0.5, 0.6) is 5.75 Å². The van der Waals surface area contributed by atoms with Gasteiger partial charge in [-0.1, -0.05) is 11.6 Å². The van der Waals surface area contributed by atoms with E-state index < -0.39 is 17.5 Å². The molecule has 0 aliphatic carbocycles. The number of anilines is 3. The van der Waals surface area contributed by atoms with Gasteiger partial charge in [-0.25, -0.2) is 8.78 Å². The second kappa shape index (κ2) is 8.01. The van der Waals surface area contributed by atoms with Crippen molar-refractivity contribution in [2.45, 2.75) is 0 Å². The molecule has 2 aromatic carbocycles. The molecule has 138 valence electrons. The first kappa shape index (κ1) is 18.6. The fraction of sp³-hybridized carbons (Fsp3) is 0.0526. The number of pyridine rings is 1. The van der Waals surface area contributed by atoms with Crippen molar-refractivity contribution < 1.29 is 18.3 Å². The van der Waals surface area contributed by atoms with Gasteiger partial charge in [-0.2, -0.15) is 0 Å². The maximum atomic E-state index is 13.3. The molecule has 0 bridgehead atoms. The van der Waals surface area contributed by atoms with Crippen LogP contribution in [-0.4, -0.2) is 18.0 Å². The predicted molar refractivity (Wildman–Crippen MR) is 99.8 cm³/mol. The Morgan fingerprint density at radius 3 is 2.59 bits per heavy atom. The van der Waals surface area contributed by atoms with E-state index in [0.29, 0.717) is 27.8 Å². The van der Waals surface area contributed by atoms with Crippen molar-refractivity contribution in [1.82, 2.24) is 4.98 Å². The number of hydrogen-bond donors (Lipinski definition) is 2. The SMILES string of the molecule is COc1ccc(Cl)cc1NC(=O)c1cncc(Nc2ccc(F)c(F)c2)c1. The lowest BCUT2D eigenvalue weighted by Gasteiger charge is -2.11. The summed E-state index contributed by atoms with van der Waals surface area (Å²) in [5.41, 5.74) is 1.43. The Balaban J connectivity index is 1.79. The molecule has 0 unspecified atom stereocenters. The van der Waals surface area contributed by atoms with E-state index in [2.05, 4.69) is 15.6 Å².